The number of carboxylic acid groups (broad SMARTS) is 1. The van der Waals surface area contributed by atoms with Crippen molar-refractivity contribution in [1.82, 2.24) is 5.32 Å². The van der Waals surface area contributed by atoms with Crippen molar-refractivity contribution >= 4 is 23.6 Å². The fourth-order valence-corrected chi connectivity index (χ4v) is 2.00. The Balaban J connectivity index is 3.77. The van der Waals surface area contributed by atoms with Crippen LogP contribution in [0.1, 0.15) is 13.3 Å². The maximum atomic E-state index is 10.7. The van der Waals surface area contributed by atoms with Crippen LogP contribution in [0.2, 0.25) is 0 Å². The Morgan fingerprint density at radius 1 is 1.44 bits per heavy atom. The lowest BCUT2D eigenvalue weighted by molar-refractivity contribution is -0.140. The molecule has 7 heteroatoms. The minimum absolute atomic E-state index is 0.243. The molecule has 4 N–H and O–H groups in total. The van der Waals surface area contributed by atoms with Gasteiger partial charge in [0.25, 0.3) is 0 Å². The molecular formula is C9H17NO5S. The summed E-state index contributed by atoms with van der Waals surface area (Å²) in [7, 11) is 0. The highest BCUT2D eigenvalue weighted by Gasteiger charge is 2.17. The number of aliphatic hydroxyl groups excluding tert-OH is 2. The van der Waals surface area contributed by atoms with Crippen LogP contribution in [0.5, 0.6) is 0 Å². The third-order valence-electron chi connectivity index (χ3n) is 1.77. The molecule has 6 nitrogen and oxygen atoms in total. The largest absolute Gasteiger partial charge is 0.480 e. The molecule has 1 amide bonds. The normalized spacial score (nSPS) is 14.2. The third-order valence-corrected chi connectivity index (χ3v) is 2.86. The SMILES string of the molecule is CC(=O)NC(CSCCC(O)CO)C(=O)O. The van der Waals surface area contributed by atoms with Gasteiger partial charge in [-0.1, -0.05) is 0 Å². The van der Waals surface area contributed by atoms with Crippen molar-refractivity contribution in [2.45, 2.75) is 25.5 Å². The Morgan fingerprint density at radius 2 is 2.06 bits per heavy atom. The first kappa shape index (κ1) is 15.2. The van der Waals surface area contributed by atoms with Gasteiger partial charge in [-0.25, -0.2) is 4.79 Å². The van der Waals surface area contributed by atoms with Crippen LogP contribution < -0.4 is 5.32 Å². The Morgan fingerprint density at radius 3 is 2.50 bits per heavy atom. The molecule has 0 aromatic carbocycles. The Bertz CT molecular complexity index is 236. The van der Waals surface area contributed by atoms with Crippen LogP contribution in [-0.4, -0.2) is 57.5 Å². The molecule has 0 aromatic heterocycles. The lowest BCUT2D eigenvalue weighted by Crippen LogP contribution is -2.41. The molecule has 16 heavy (non-hydrogen) atoms. The van der Waals surface area contributed by atoms with Gasteiger partial charge in [-0.3, -0.25) is 4.79 Å². The fraction of sp³-hybridized carbons (Fsp3) is 0.778. The minimum atomic E-state index is -1.08. The topological polar surface area (TPSA) is 107 Å². The number of carboxylic acids is 1. The molecular weight excluding hydrogens is 234 g/mol. The predicted octanol–water partition coefficient (Wildman–Crippen LogP) is -0.948. The average Bonchev–Trinajstić information content (AvgIpc) is 2.21. The van der Waals surface area contributed by atoms with Gasteiger partial charge in [0.15, 0.2) is 0 Å². The summed E-state index contributed by atoms with van der Waals surface area (Å²) in [4.78, 5) is 21.4. The van der Waals surface area contributed by atoms with E-state index in [9.17, 15) is 9.59 Å². The van der Waals surface area contributed by atoms with Gasteiger partial charge in [0.2, 0.25) is 5.91 Å². The van der Waals surface area contributed by atoms with E-state index in [-0.39, 0.29) is 18.3 Å². The molecule has 0 aromatic rings. The van der Waals surface area contributed by atoms with E-state index in [1.807, 2.05) is 0 Å². The maximum absolute atomic E-state index is 10.7. The van der Waals surface area contributed by atoms with Gasteiger partial charge in [0.05, 0.1) is 12.7 Å². The van der Waals surface area contributed by atoms with E-state index in [0.717, 1.165) is 0 Å². The van der Waals surface area contributed by atoms with Crippen LogP contribution in [0.3, 0.4) is 0 Å². The molecule has 0 aliphatic carbocycles. The summed E-state index contributed by atoms with van der Waals surface area (Å²) in [5.74, 6) is -0.688. The predicted molar refractivity (Wildman–Crippen MR) is 60.3 cm³/mol. The van der Waals surface area contributed by atoms with E-state index >= 15 is 0 Å². The number of nitrogens with one attached hydrogen (secondary N) is 1. The second kappa shape index (κ2) is 8.37. The molecule has 0 aliphatic rings. The van der Waals surface area contributed by atoms with Crippen molar-refractivity contribution in [3.05, 3.63) is 0 Å². The van der Waals surface area contributed by atoms with Crippen LogP contribution in [0.15, 0.2) is 0 Å². The third kappa shape index (κ3) is 7.49. The van der Waals surface area contributed by atoms with Crippen LogP contribution in [0.4, 0.5) is 0 Å². The lowest BCUT2D eigenvalue weighted by Gasteiger charge is -2.13. The number of rotatable bonds is 8. The maximum Gasteiger partial charge on any atom is 0.327 e. The van der Waals surface area contributed by atoms with Gasteiger partial charge in [0.1, 0.15) is 6.04 Å². The van der Waals surface area contributed by atoms with Crippen molar-refractivity contribution in [3.8, 4) is 0 Å². The van der Waals surface area contributed by atoms with Gasteiger partial charge >= 0.3 is 5.97 Å². The van der Waals surface area contributed by atoms with Crippen molar-refractivity contribution in [2.75, 3.05) is 18.1 Å². The lowest BCUT2D eigenvalue weighted by atomic mass is 10.3. The van der Waals surface area contributed by atoms with Gasteiger partial charge in [0, 0.05) is 12.7 Å². The van der Waals surface area contributed by atoms with Gasteiger partial charge in [-0.05, 0) is 12.2 Å². The van der Waals surface area contributed by atoms with E-state index in [0.29, 0.717) is 12.2 Å². The van der Waals surface area contributed by atoms with Crippen LogP contribution in [0, 0.1) is 0 Å². The zero-order chi connectivity index (χ0) is 12.6. The minimum Gasteiger partial charge on any atom is -0.480 e. The summed E-state index contributed by atoms with van der Waals surface area (Å²) in [5, 5.41) is 28.6. The van der Waals surface area contributed by atoms with Gasteiger partial charge < -0.3 is 20.6 Å². The summed E-state index contributed by atoms with van der Waals surface area (Å²) >= 11 is 1.31. The number of hydrogen-bond donors (Lipinski definition) is 4. The number of hydrogen-bond acceptors (Lipinski definition) is 5. The molecule has 0 fully saturated rings. The van der Waals surface area contributed by atoms with E-state index in [1.165, 1.54) is 18.7 Å². The molecule has 0 spiro atoms. The monoisotopic (exact) mass is 251 g/mol. The van der Waals surface area contributed by atoms with Gasteiger partial charge in [-0.2, -0.15) is 11.8 Å². The summed E-state index contributed by atoms with van der Waals surface area (Å²) in [6.07, 6.45) is -0.371. The van der Waals surface area contributed by atoms with E-state index < -0.39 is 18.1 Å². The molecule has 2 unspecified atom stereocenters. The number of aliphatic carboxylic acids is 1. The van der Waals surface area contributed by atoms with Crippen LogP contribution in [0.25, 0.3) is 0 Å². The van der Waals surface area contributed by atoms with E-state index in [4.69, 9.17) is 15.3 Å². The molecule has 0 radical (unpaired) electrons. The molecule has 0 saturated carbocycles. The Kier molecular flexibility index (Phi) is 7.96. The highest BCUT2D eigenvalue weighted by molar-refractivity contribution is 7.99. The molecule has 0 saturated heterocycles. The number of amides is 1. The Hall–Kier alpha value is -0.790. The molecule has 0 bridgehead atoms. The van der Waals surface area contributed by atoms with Crippen molar-refractivity contribution in [2.24, 2.45) is 0 Å². The number of aliphatic hydroxyl groups is 2. The second-order valence-electron chi connectivity index (χ2n) is 3.29. The molecule has 94 valence electrons. The van der Waals surface area contributed by atoms with Gasteiger partial charge in [-0.15, -0.1) is 0 Å². The van der Waals surface area contributed by atoms with E-state index in [1.54, 1.807) is 0 Å². The summed E-state index contributed by atoms with van der Waals surface area (Å²) in [6.45, 7) is 0.963. The number of carbonyl (C=O) groups excluding carboxylic acids is 1. The molecule has 0 heterocycles. The molecule has 0 aliphatic heterocycles. The summed E-state index contributed by atoms with van der Waals surface area (Å²) in [6, 6.07) is -0.909. The van der Waals surface area contributed by atoms with Crippen molar-refractivity contribution in [3.63, 3.8) is 0 Å². The van der Waals surface area contributed by atoms with Crippen LogP contribution >= 0.6 is 11.8 Å². The summed E-state index contributed by atoms with van der Waals surface area (Å²) in [5.41, 5.74) is 0. The van der Waals surface area contributed by atoms with E-state index in [2.05, 4.69) is 5.32 Å². The number of carbonyl (C=O) groups is 2. The molecule has 2 atom stereocenters. The first-order chi connectivity index (χ1) is 7.47. The highest BCUT2D eigenvalue weighted by Crippen LogP contribution is 2.07. The average molecular weight is 251 g/mol. The van der Waals surface area contributed by atoms with Crippen LogP contribution in [-0.2, 0) is 9.59 Å². The summed E-state index contributed by atoms with van der Waals surface area (Å²) < 4.78 is 0. The first-order valence-corrected chi connectivity index (χ1v) is 5.99. The standard InChI is InChI=1S/C9H17NO5S/c1-6(12)10-8(9(14)15)5-16-3-2-7(13)4-11/h7-8,11,13H,2-5H2,1H3,(H,10,12)(H,14,15). The number of thioether (sulfide) groups is 1. The fourth-order valence-electron chi connectivity index (χ4n) is 0.932. The first-order valence-electron chi connectivity index (χ1n) is 4.84. The second-order valence-corrected chi connectivity index (χ2v) is 4.44. The Labute approximate surface area is 98.0 Å². The van der Waals surface area contributed by atoms with Crippen molar-refractivity contribution in [1.29, 1.82) is 0 Å². The highest BCUT2D eigenvalue weighted by atomic mass is 32.2. The zero-order valence-corrected chi connectivity index (χ0v) is 9.87. The molecule has 0 rings (SSSR count). The zero-order valence-electron chi connectivity index (χ0n) is 9.05. The smallest absolute Gasteiger partial charge is 0.327 e. The van der Waals surface area contributed by atoms with Crippen molar-refractivity contribution < 1.29 is 24.9 Å². The quantitative estimate of drug-likeness (QED) is 0.414.